The molecule has 0 aliphatic heterocycles. The van der Waals surface area contributed by atoms with Gasteiger partial charge in [-0.25, -0.2) is 0 Å². The minimum atomic E-state index is 0.196. The molecule has 1 fully saturated rings. The van der Waals surface area contributed by atoms with Crippen LogP contribution in [-0.4, -0.2) is 36.5 Å². The van der Waals surface area contributed by atoms with Crippen LogP contribution in [-0.2, 0) is 4.79 Å². The molecule has 3 nitrogen and oxygen atoms in total. The highest BCUT2D eigenvalue weighted by Gasteiger charge is 2.22. The first-order chi connectivity index (χ1) is 7.22. The standard InChI is InChI=1S/C11H22N2OS/c1-9(6-8-15-2)12-7-5-11(14)13-10-3-4-10/h9-10,12H,3-8H2,1-2H3,(H,13,14). The van der Waals surface area contributed by atoms with Gasteiger partial charge in [0.1, 0.15) is 0 Å². The largest absolute Gasteiger partial charge is 0.353 e. The Morgan fingerprint density at radius 2 is 2.27 bits per heavy atom. The summed E-state index contributed by atoms with van der Waals surface area (Å²) in [6, 6.07) is 1.01. The van der Waals surface area contributed by atoms with Crippen molar-refractivity contribution in [3.05, 3.63) is 0 Å². The Labute approximate surface area is 96.8 Å². The van der Waals surface area contributed by atoms with Crippen LogP contribution in [0, 0.1) is 0 Å². The van der Waals surface area contributed by atoms with E-state index in [1.54, 1.807) is 0 Å². The molecular weight excluding hydrogens is 208 g/mol. The highest BCUT2D eigenvalue weighted by atomic mass is 32.2. The first-order valence-corrected chi connectivity index (χ1v) is 7.13. The Bertz CT molecular complexity index is 195. The van der Waals surface area contributed by atoms with Crippen LogP contribution in [0.1, 0.15) is 32.6 Å². The van der Waals surface area contributed by atoms with E-state index in [0.717, 1.165) is 6.54 Å². The summed E-state index contributed by atoms with van der Waals surface area (Å²) in [5.74, 6) is 1.38. The molecule has 88 valence electrons. The summed E-state index contributed by atoms with van der Waals surface area (Å²) in [6.45, 7) is 2.98. The molecule has 0 radical (unpaired) electrons. The lowest BCUT2D eigenvalue weighted by Gasteiger charge is -2.12. The number of nitrogens with one attached hydrogen (secondary N) is 2. The van der Waals surface area contributed by atoms with Crippen LogP contribution in [0.15, 0.2) is 0 Å². The minimum Gasteiger partial charge on any atom is -0.353 e. The van der Waals surface area contributed by atoms with E-state index >= 15 is 0 Å². The normalized spacial score (nSPS) is 17.5. The molecule has 0 spiro atoms. The molecular formula is C11H22N2OS. The van der Waals surface area contributed by atoms with Crippen LogP contribution in [0.2, 0.25) is 0 Å². The van der Waals surface area contributed by atoms with Gasteiger partial charge in [0, 0.05) is 25.0 Å². The molecule has 1 atom stereocenters. The first kappa shape index (κ1) is 12.8. The van der Waals surface area contributed by atoms with Crippen molar-refractivity contribution >= 4 is 17.7 Å². The monoisotopic (exact) mass is 230 g/mol. The maximum absolute atomic E-state index is 11.3. The van der Waals surface area contributed by atoms with E-state index in [2.05, 4.69) is 23.8 Å². The van der Waals surface area contributed by atoms with Crippen molar-refractivity contribution in [1.82, 2.24) is 10.6 Å². The number of rotatable bonds is 8. The highest BCUT2D eigenvalue weighted by molar-refractivity contribution is 7.98. The van der Waals surface area contributed by atoms with E-state index in [4.69, 9.17) is 0 Å². The van der Waals surface area contributed by atoms with Crippen molar-refractivity contribution in [2.24, 2.45) is 0 Å². The van der Waals surface area contributed by atoms with Crippen LogP contribution >= 0.6 is 11.8 Å². The Kier molecular flexibility index (Phi) is 6.10. The molecule has 1 aliphatic rings. The summed E-state index contributed by atoms with van der Waals surface area (Å²) in [7, 11) is 0. The summed E-state index contributed by atoms with van der Waals surface area (Å²) in [5.41, 5.74) is 0. The zero-order chi connectivity index (χ0) is 11.1. The Morgan fingerprint density at radius 3 is 2.87 bits per heavy atom. The average Bonchev–Trinajstić information content (AvgIpc) is 2.98. The predicted molar refractivity (Wildman–Crippen MR) is 66.2 cm³/mol. The van der Waals surface area contributed by atoms with Gasteiger partial charge in [0.05, 0.1) is 0 Å². The quantitative estimate of drug-likeness (QED) is 0.662. The van der Waals surface area contributed by atoms with E-state index in [-0.39, 0.29) is 5.91 Å². The average molecular weight is 230 g/mol. The lowest BCUT2D eigenvalue weighted by molar-refractivity contribution is -0.121. The summed E-state index contributed by atoms with van der Waals surface area (Å²) < 4.78 is 0. The molecule has 0 heterocycles. The molecule has 1 rings (SSSR count). The molecule has 4 heteroatoms. The van der Waals surface area contributed by atoms with Crippen LogP contribution in [0.3, 0.4) is 0 Å². The second kappa shape index (κ2) is 7.12. The number of amides is 1. The smallest absolute Gasteiger partial charge is 0.221 e. The summed E-state index contributed by atoms with van der Waals surface area (Å²) in [6.07, 6.45) is 6.24. The number of carbonyl (C=O) groups excluding carboxylic acids is 1. The van der Waals surface area contributed by atoms with Gasteiger partial charge in [-0.3, -0.25) is 4.79 Å². The number of hydrogen-bond donors (Lipinski definition) is 2. The summed E-state index contributed by atoms with van der Waals surface area (Å²) in [5, 5.41) is 6.36. The number of carbonyl (C=O) groups is 1. The van der Waals surface area contributed by atoms with Gasteiger partial charge in [0.25, 0.3) is 0 Å². The molecule has 15 heavy (non-hydrogen) atoms. The molecule has 1 saturated carbocycles. The fourth-order valence-corrected chi connectivity index (χ4v) is 1.95. The Morgan fingerprint density at radius 1 is 1.53 bits per heavy atom. The highest BCUT2D eigenvalue weighted by Crippen LogP contribution is 2.18. The molecule has 0 saturated heterocycles. The zero-order valence-electron chi connectivity index (χ0n) is 9.71. The Balaban J connectivity index is 1.92. The molecule has 1 aliphatic carbocycles. The van der Waals surface area contributed by atoms with Gasteiger partial charge in [-0.15, -0.1) is 0 Å². The fourth-order valence-electron chi connectivity index (χ4n) is 1.36. The third kappa shape index (κ3) is 6.79. The van der Waals surface area contributed by atoms with Gasteiger partial charge in [-0.05, 0) is 38.2 Å². The number of hydrogen-bond acceptors (Lipinski definition) is 3. The Hall–Kier alpha value is -0.220. The first-order valence-electron chi connectivity index (χ1n) is 5.74. The van der Waals surface area contributed by atoms with Crippen molar-refractivity contribution in [3.8, 4) is 0 Å². The summed E-state index contributed by atoms with van der Waals surface area (Å²) in [4.78, 5) is 11.3. The third-order valence-corrected chi connectivity index (χ3v) is 3.19. The van der Waals surface area contributed by atoms with Gasteiger partial charge in [-0.1, -0.05) is 0 Å². The minimum absolute atomic E-state index is 0.196. The van der Waals surface area contributed by atoms with Gasteiger partial charge >= 0.3 is 0 Å². The van der Waals surface area contributed by atoms with Crippen LogP contribution in [0.5, 0.6) is 0 Å². The van der Waals surface area contributed by atoms with E-state index in [9.17, 15) is 4.79 Å². The summed E-state index contributed by atoms with van der Waals surface area (Å²) >= 11 is 1.87. The number of thioether (sulfide) groups is 1. The van der Waals surface area contributed by atoms with E-state index < -0.39 is 0 Å². The molecule has 0 aromatic rings. The van der Waals surface area contributed by atoms with Crippen LogP contribution in [0.25, 0.3) is 0 Å². The van der Waals surface area contributed by atoms with E-state index in [1.165, 1.54) is 25.0 Å². The van der Waals surface area contributed by atoms with E-state index in [1.807, 2.05) is 11.8 Å². The molecule has 1 unspecified atom stereocenters. The van der Waals surface area contributed by atoms with Crippen molar-refractivity contribution in [3.63, 3.8) is 0 Å². The van der Waals surface area contributed by atoms with Crippen molar-refractivity contribution < 1.29 is 4.79 Å². The van der Waals surface area contributed by atoms with Gasteiger partial charge in [0.15, 0.2) is 0 Å². The second-order valence-electron chi connectivity index (χ2n) is 4.23. The molecule has 0 aromatic carbocycles. The second-order valence-corrected chi connectivity index (χ2v) is 5.21. The SMILES string of the molecule is CSCCC(C)NCCC(=O)NC1CC1. The van der Waals surface area contributed by atoms with Crippen molar-refractivity contribution in [1.29, 1.82) is 0 Å². The fraction of sp³-hybridized carbons (Fsp3) is 0.909. The van der Waals surface area contributed by atoms with Crippen LogP contribution < -0.4 is 10.6 Å². The molecule has 0 bridgehead atoms. The molecule has 1 amide bonds. The van der Waals surface area contributed by atoms with E-state index in [0.29, 0.717) is 18.5 Å². The van der Waals surface area contributed by atoms with Crippen molar-refractivity contribution in [2.45, 2.75) is 44.7 Å². The maximum atomic E-state index is 11.3. The molecule has 0 aromatic heterocycles. The third-order valence-electron chi connectivity index (χ3n) is 2.54. The zero-order valence-corrected chi connectivity index (χ0v) is 10.5. The van der Waals surface area contributed by atoms with Crippen LogP contribution in [0.4, 0.5) is 0 Å². The van der Waals surface area contributed by atoms with Gasteiger partial charge in [0.2, 0.25) is 5.91 Å². The lowest BCUT2D eigenvalue weighted by atomic mass is 10.2. The molecule has 2 N–H and O–H groups in total. The lowest BCUT2D eigenvalue weighted by Crippen LogP contribution is -2.33. The van der Waals surface area contributed by atoms with Gasteiger partial charge in [-0.2, -0.15) is 11.8 Å². The van der Waals surface area contributed by atoms with Crippen molar-refractivity contribution in [2.75, 3.05) is 18.6 Å². The van der Waals surface area contributed by atoms with Gasteiger partial charge < -0.3 is 10.6 Å². The predicted octanol–water partition coefficient (Wildman–Crippen LogP) is 1.39. The maximum Gasteiger partial charge on any atom is 0.221 e. The topological polar surface area (TPSA) is 41.1 Å².